The summed E-state index contributed by atoms with van der Waals surface area (Å²) in [6.45, 7) is 2.02. The van der Waals surface area contributed by atoms with E-state index in [4.69, 9.17) is 5.73 Å². The highest BCUT2D eigenvalue weighted by atomic mass is 15.3. The third-order valence-electron chi connectivity index (χ3n) is 2.65. The minimum absolute atomic E-state index is 0.152. The summed E-state index contributed by atoms with van der Waals surface area (Å²) in [6, 6.07) is 7.91. The van der Waals surface area contributed by atoms with Crippen molar-refractivity contribution in [2.75, 3.05) is 11.1 Å². The number of imidazole rings is 1. The summed E-state index contributed by atoms with van der Waals surface area (Å²) in [7, 11) is 0. The molecule has 0 aliphatic rings. The van der Waals surface area contributed by atoms with Crippen molar-refractivity contribution < 1.29 is 0 Å². The van der Waals surface area contributed by atoms with Crippen LogP contribution in [0.5, 0.6) is 0 Å². The average Bonchev–Trinajstić information content (AvgIpc) is 2.91. The number of nitrogen functional groups attached to an aromatic ring is 1. The molecular formula is C13H13N7. The molecule has 3 aromatic rings. The molecule has 0 amide bonds. The molecule has 1 aromatic carbocycles. The van der Waals surface area contributed by atoms with Gasteiger partial charge in [-0.15, -0.1) is 0 Å². The van der Waals surface area contributed by atoms with Gasteiger partial charge in [0.15, 0.2) is 0 Å². The van der Waals surface area contributed by atoms with E-state index in [9.17, 15) is 0 Å². The van der Waals surface area contributed by atoms with E-state index in [0.29, 0.717) is 11.9 Å². The fourth-order valence-electron chi connectivity index (χ4n) is 1.78. The molecule has 0 spiro atoms. The van der Waals surface area contributed by atoms with Gasteiger partial charge >= 0.3 is 0 Å². The minimum atomic E-state index is 0.152. The van der Waals surface area contributed by atoms with Crippen LogP contribution in [0.4, 0.5) is 17.6 Å². The van der Waals surface area contributed by atoms with E-state index in [1.807, 2.05) is 31.2 Å². The van der Waals surface area contributed by atoms with Crippen molar-refractivity contribution in [3.8, 4) is 5.95 Å². The lowest BCUT2D eigenvalue weighted by molar-refractivity contribution is 0.906. The summed E-state index contributed by atoms with van der Waals surface area (Å²) >= 11 is 0. The van der Waals surface area contributed by atoms with Crippen molar-refractivity contribution in [3.63, 3.8) is 0 Å². The van der Waals surface area contributed by atoms with Gasteiger partial charge in [-0.2, -0.15) is 15.0 Å². The Morgan fingerprint density at radius 3 is 2.85 bits per heavy atom. The molecule has 20 heavy (non-hydrogen) atoms. The third kappa shape index (κ3) is 2.56. The van der Waals surface area contributed by atoms with Crippen molar-refractivity contribution in [1.82, 2.24) is 24.5 Å². The molecule has 0 fully saturated rings. The van der Waals surface area contributed by atoms with Crippen LogP contribution in [0.3, 0.4) is 0 Å². The van der Waals surface area contributed by atoms with Gasteiger partial charge < -0.3 is 11.1 Å². The molecule has 0 saturated carbocycles. The number of benzene rings is 1. The van der Waals surface area contributed by atoms with Crippen molar-refractivity contribution >= 4 is 17.6 Å². The Morgan fingerprint density at radius 1 is 1.20 bits per heavy atom. The number of rotatable bonds is 3. The van der Waals surface area contributed by atoms with Gasteiger partial charge in [0.05, 0.1) is 0 Å². The summed E-state index contributed by atoms with van der Waals surface area (Å²) < 4.78 is 1.67. The molecule has 0 aliphatic heterocycles. The number of aromatic nitrogens is 5. The summed E-state index contributed by atoms with van der Waals surface area (Å²) in [5.74, 6) is 0.968. The van der Waals surface area contributed by atoms with Crippen molar-refractivity contribution in [3.05, 3.63) is 48.5 Å². The highest BCUT2D eigenvalue weighted by Crippen LogP contribution is 2.15. The zero-order chi connectivity index (χ0) is 13.9. The normalized spacial score (nSPS) is 10.4. The molecule has 2 heterocycles. The van der Waals surface area contributed by atoms with Gasteiger partial charge in [-0.25, -0.2) is 4.98 Å². The molecular weight excluding hydrogens is 254 g/mol. The molecule has 100 valence electrons. The van der Waals surface area contributed by atoms with E-state index in [-0.39, 0.29) is 5.95 Å². The molecule has 2 aromatic heterocycles. The SMILES string of the molecule is Cc1cccc(Nc2nc(N)nc(-n3ccnc3)n2)c1. The number of aryl methyl sites for hydroxylation is 1. The Kier molecular flexibility index (Phi) is 3.00. The Labute approximate surface area is 115 Å². The smallest absolute Gasteiger partial charge is 0.241 e. The van der Waals surface area contributed by atoms with E-state index in [1.54, 1.807) is 23.3 Å². The van der Waals surface area contributed by atoms with Gasteiger partial charge in [0.2, 0.25) is 17.8 Å². The van der Waals surface area contributed by atoms with Crippen LogP contribution < -0.4 is 11.1 Å². The van der Waals surface area contributed by atoms with E-state index in [0.717, 1.165) is 11.3 Å². The van der Waals surface area contributed by atoms with Crippen LogP contribution in [0.15, 0.2) is 43.0 Å². The molecule has 0 radical (unpaired) electrons. The maximum Gasteiger partial charge on any atom is 0.241 e. The second-order valence-electron chi connectivity index (χ2n) is 4.28. The van der Waals surface area contributed by atoms with Gasteiger partial charge in [0.25, 0.3) is 0 Å². The van der Waals surface area contributed by atoms with Crippen molar-refractivity contribution in [2.45, 2.75) is 6.92 Å². The standard InChI is InChI=1S/C13H13N7/c1-9-3-2-4-10(7-9)16-12-17-11(14)18-13(19-12)20-6-5-15-8-20/h2-8H,1H3,(H3,14,16,17,18,19). The summed E-state index contributed by atoms with van der Waals surface area (Å²) in [4.78, 5) is 16.4. The fraction of sp³-hybridized carbons (Fsp3) is 0.0769. The first-order chi connectivity index (χ1) is 9.70. The predicted molar refractivity (Wildman–Crippen MR) is 75.8 cm³/mol. The zero-order valence-electron chi connectivity index (χ0n) is 10.9. The van der Waals surface area contributed by atoms with Gasteiger partial charge in [-0.3, -0.25) is 4.57 Å². The van der Waals surface area contributed by atoms with E-state index >= 15 is 0 Å². The largest absolute Gasteiger partial charge is 0.368 e. The Morgan fingerprint density at radius 2 is 2.10 bits per heavy atom. The average molecular weight is 267 g/mol. The summed E-state index contributed by atoms with van der Waals surface area (Å²) in [6.07, 6.45) is 4.99. The van der Waals surface area contributed by atoms with Crippen LogP contribution in [0.1, 0.15) is 5.56 Å². The summed E-state index contributed by atoms with van der Waals surface area (Å²) in [5, 5.41) is 3.11. The van der Waals surface area contributed by atoms with Crippen molar-refractivity contribution in [1.29, 1.82) is 0 Å². The Hall–Kier alpha value is -2.96. The quantitative estimate of drug-likeness (QED) is 0.750. The zero-order valence-corrected chi connectivity index (χ0v) is 10.9. The van der Waals surface area contributed by atoms with E-state index < -0.39 is 0 Å². The Bertz CT molecular complexity index is 721. The number of nitrogens with one attached hydrogen (secondary N) is 1. The van der Waals surface area contributed by atoms with Crippen LogP contribution in [-0.4, -0.2) is 24.5 Å². The lowest BCUT2D eigenvalue weighted by atomic mass is 10.2. The summed E-state index contributed by atoms with van der Waals surface area (Å²) in [5.41, 5.74) is 7.75. The Balaban J connectivity index is 1.94. The second-order valence-corrected chi connectivity index (χ2v) is 4.28. The molecule has 0 bridgehead atoms. The number of nitrogens with zero attached hydrogens (tertiary/aromatic N) is 5. The lowest BCUT2D eigenvalue weighted by Crippen LogP contribution is -2.08. The number of hydrogen-bond donors (Lipinski definition) is 2. The first kappa shape index (κ1) is 12.1. The molecule has 0 unspecified atom stereocenters. The van der Waals surface area contributed by atoms with Gasteiger partial charge in [0.1, 0.15) is 6.33 Å². The molecule has 0 aliphatic carbocycles. The lowest BCUT2D eigenvalue weighted by Gasteiger charge is -2.07. The molecule has 0 saturated heterocycles. The van der Waals surface area contributed by atoms with Crippen molar-refractivity contribution in [2.24, 2.45) is 0 Å². The molecule has 7 heteroatoms. The fourth-order valence-corrected chi connectivity index (χ4v) is 1.78. The monoisotopic (exact) mass is 267 g/mol. The van der Waals surface area contributed by atoms with Gasteiger partial charge in [0, 0.05) is 18.1 Å². The van der Waals surface area contributed by atoms with Crippen LogP contribution >= 0.6 is 0 Å². The van der Waals surface area contributed by atoms with Crippen LogP contribution in [0, 0.1) is 6.92 Å². The van der Waals surface area contributed by atoms with Crippen LogP contribution in [0.2, 0.25) is 0 Å². The molecule has 3 rings (SSSR count). The highest BCUT2D eigenvalue weighted by molar-refractivity contribution is 5.55. The predicted octanol–water partition coefficient (Wildman–Crippen LogP) is 1.69. The topological polar surface area (TPSA) is 94.5 Å². The maximum atomic E-state index is 5.71. The molecule has 0 atom stereocenters. The van der Waals surface area contributed by atoms with E-state index in [1.165, 1.54) is 0 Å². The first-order valence-corrected chi connectivity index (χ1v) is 6.04. The van der Waals surface area contributed by atoms with Gasteiger partial charge in [-0.05, 0) is 24.6 Å². The maximum absolute atomic E-state index is 5.71. The number of nitrogens with two attached hydrogens (primary N) is 1. The number of hydrogen-bond acceptors (Lipinski definition) is 6. The highest BCUT2D eigenvalue weighted by Gasteiger charge is 2.06. The van der Waals surface area contributed by atoms with Crippen LogP contribution in [-0.2, 0) is 0 Å². The third-order valence-corrected chi connectivity index (χ3v) is 2.65. The molecule has 3 N–H and O–H groups in total. The number of anilines is 3. The first-order valence-electron chi connectivity index (χ1n) is 6.04. The van der Waals surface area contributed by atoms with E-state index in [2.05, 4.69) is 25.3 Å². The second kappa shape index (κ2) is 4.96. The van der Waals surface area contributed by atoms with Gasteiger partial charge in [-0.1, -0.05) is 12.1 Å². The minimum Gasteiger partial charge on any atom is -0.368 e. The molecule has 7 nitrogen and oxygen atoms in total. The van der Waals surface area contributed by atoms with Crippen LogP contribution in [0.25, 0.3) is 5.95 Å².